The van der Waals surface area contributed by atoms with E-state index in [1.54, 1.807) is 0 Å². The Hall–Kier alpha value is -0.730. The Bertz CT molecular complexity index is 635. The number of fused-ring (bicyclic) bond motifs is 1. The van der Waals surface area contributed by atoms with Crippen LogP contribution in [0, 0.1) is 12.0 Å². The summed E-state index contributed by atoms with van der Waals surface area (Å²) in [6.07, 6.45) is 4.87. The number of hydrogen-bond donors (Lipinski definition) is 0. The molecule has 1 aliphatic carbocycles. The van der Waals surface area contributed by atoms with Crippen LogP contribution in [-0.2, 0) is 26.2 Å². The smallest absolute Gasteiger partial charge is 1.00 e. The molecule has 2 aliphatic rings. The quantitative estimate of drug-likeness (QED) is 0.410. The van der Waals surface area contributed by atoms with Crippen LogP contribution >= 0.6 is 0 Å². The Morgan fingerprint density at radius 2 is 1.60 bits per heavy atom. The van der Waals surface area contributed by atoms with E-state index in [2.05, 4.69) is 76.2 Å². The van der Waals surface area contributed by atoms with E-state index in [1.807, 2.05) is 0 Å². The first-order valence-corrected chi connectivity index (χ1v) is 9.60. The molecule has 0 spiro atoms. The van der Waals surface area contributed by atoms with Crippen LogP contribution in [0.4, 0.5) is 0 Å². The van der Waals surface area contributed by atoms with E-state index in [0.717, 1.165) is 0 Å². The molecule has 1 unspecified atom stereocenters. The largest absolute Gasteiger partial charge is 4.00 e. The maximum atomic E-state index is 3.36. The van der Waals surface area contributed by atoms with Crippen molar-refractivity contribution in [2.45, 2.75) is 46.2 Å². The van der Waals surface area contributed by atoms with Crippen LogP contribution in [0.2, 0.25) is 12.1 Å². The molecule has 2 radical (unpaired) electrons. The van der Waals surface area contributed by atoms with E-state index >= 15 is 0 Å². The summed E-state index contributed by atoms with van der Waals surface area (Å²) in [5.41, 5.74) is 4.25. The molecule has 1 fully saturated rings. The fraction of sp³-hybridized carbons (Fsp3) is 0.381. The summed E-state index contributed by atoms with van der Waals surface area (Å²) in [4.78, 5) is 0. The van der Waals surface area contributed by atoms with Crippen LogP contribution in [0.25, 0.3) is 10.8 Å². The van der Waals surface area contributed by atoms with Crippen molar-refractivity contribution in [2.24, 2.45) is 5.92 Å². The minimum absolute atomic E-state index is 0. The predicted molar refractivity (Wildman–Crippen MR) is 99.5 cm³/mol. The van der Waals surface area contributed by atoms with Gasteiger partial charge in [-0.2, -0.15) is 28.7 Å². The van der Waals surface area contributed by atoms with Crippen molar-refractivity contribution in [3.05, 3.63) is 65.3 Å². The number of rotatable bonds is 0. The first-order chi connectivity index (χ1) is 10.6. The SMILES string of the molecule is C1C[Si]C1.CC1=[C-]C(C)C(C)=C1C.[F-].[F-].[Zr+4].c1ccc2[cH-]ccc2c1. The van der Waals surface area contributed by atoms with Gasteiger partial charge in [0.1, 0.15) is 0 Å². The number of hydrogen-bond acceptors (Lipinski definition) is 0. The standard InChI is InChI=1S/C9H7.C9H13.C3H6Si.2FH.Zr/c1-2-5-9-7-3-6-8(9)4-1;1-6-5-7(2)9(4)8(6)3;1-2-4-3-1;;;/h1-7H;6H,1-4H3;1-3H2;2*1H;/q2*-1;;;;+4/p-2. The zero-order valence-electron chi connectivity index (χ0n) is 15.5. The van der Waals surface area contributed by atoms with Crippen LogP contribution in [0.3, 0.4) is 0 Å². The Morgan fingerprint density at radius 1 is 1.04 bits per heavy atom. The molecule has 4 rings (SSSR count). The molecular weight excluding hydrogens is 410 g/mol. The molecule has 25 heavy (non-hydrogen) atoms. The third kappa shape index (κ3) is 8.00. The summed E-state index contributed by atoms with van der Waals surface area (Å²) in [5.74, 6) is 0.560. The van der Waals surface area contributed by atoms with Gasteiger partial charge in [-0.3, -0.25) is 6.08 Å². The normalized spacial score (nSPS) is 17.3. The van der Waals surface area contributed by atoms with Gasteiger partial charge in [-0.25, -0.2) is 5.57 Å². The maximum Gasteiger partial charge on any atom is 4.00 e. The number of benzene rings is 1. The van der Waals surface area contributed by atoms with Gasteiger partial charge in [0.25, 0.3) is 0 Å². The van der Waals surface area contributed by atoms with Crippen molar-refractivity contribution in [1.82, 2.24) is 0 Å². The molecule has 1 atom stereocenters. The molecule has 2 aromatic rings. The van der Waals surface area contributed by atoms with Gasteiger partial charge in [0.15, 0.2) is 0 Å². The molecule has 1 aliphatic heterocycles. The summed E-state index contributed by atoms with van der Waals surface area (Å²) in [6, 6.07) is 17.7. The van der Waals surface area contributed by atoms with Gasteiger partial charge in [0.05, 0.1) is 0 Å². The van der Waals surface area contributed by atoms with Crippen molar-refractivity contribution < 1.29 is 35.6 Å². The van der Waals surface area contributed by atoms with E-state index in [4.69, 9.17) is 0 Å². The van der Waals surface area contributed by atoms with Crippen LogP contribution < -0.4 is 9.41 Å². The molecule has 0 N–H and O–H groups in total. The van der Waals surface area contributed by atoms with Gasteiger partial charge in [-0.1, -0.05) is 51.3 Å². The number of halogens is 2. The third-order valence-electron chi connectivity index (χ3n) is 4.49. The zero-order chi connectivity index (χ0) is 15.9. The summed E-state index contributed by atoms with van der Waals surface area (Å²) >= 11 is 0. The second-order valence-corrected chi connectivity index (χ2v) is 7.56. The average Bonchev–Trinajstić information content (AvgIpc) is 3.00. The minimum Gasteiger partial charge on any atom is -1.00 e. The van der Waals surface area contributed by atoms with E-state index in [1.165, 1.54) is 55.5 Å². The summed E-state index contributed by atoms with van der Waals surface area (Å²) < 4.78 is 0. The second-order valence-electron chi connectivity index (χ2n) is 6.06. The molecule has 1 saturated heterocycles. The predicted octanol–water partition coefficient (Wildman–Crippen LogP) is 0.217. The molecule has 0 aromatic heterocycles. The first-order valence-electron chi connectivity index (χ1n) is 8.18. The minimum atomic E-state index is 0. The van der Waals surface area contributed by atoms with E-state index in [0.29, 0.717) is 5.92 Å². The average molecular weight is 436 g/mol. The molecule has 0 bridgehead atoms. The molecule has 0 saturated carbocycles. The van der Waals surface area contributed by atoms with Gasteiger partial charge in [0.2, 0.25) is 0 Å². The Labute approximate surface area is 172 Å². The Morgan fingerprint density at radius 3 is 1.96 bits per heavy atom. The number of allylic oxidation sites excluding steroid dienone is 4. The van der Waals surface area contributed by atoms with Crippen molar-refractivity contribution in [3.63, 3.8) is 0 Å². The van der Waals surface area contributed by atoms with Crippen LogP contribution in [0.5, 0.6) is 0 Å². The molecule has 4 heteroatoms. The van der Waals surface area contributed by atoms with Crippen molar-refractivity contribution in [3.8, 4) is 0 Å². The zero-order valence-corrected chi connectivity index (χ0v) is 19.0. The third-order valence-corrected chi connectivity index (χ3v) is 5.91. The van der Waals surface area contributed by atoms with Gasteiger partial charge < -0.3 is 9.41 Å². The summed E-state index contributed by atoms with van der Waals surface area (Å²) in [5, 5.41) is 2.66. The van der Waals surface area contributed by atoms with Gasteiger partial charge in [-0.15, -0.1) is 36.6 Å². The van der Waals surface area contributed by atoms with E-state index in [9.17, 15) is 0 Å². The van der Waals surface area contributed by atoms with Gasteiger partial charge in [0, 0.05) is 9.52 Å². The van der Waals surface area contributed by atoms with E-state index in [-0.39, 0.29) is 35.6 Å². The Kier molecular flexibility index (Phi) is 14.3. The van der Waals surface area contributed by atoms with E-state index < -0.39 is 0 Å². The van der Waals surface area contributed by atoms with Crippen LogP contribution in [-0.4, -0.2) is 9.52 Å². The topological polar surface area (TPSA) is 0 Å². The maximum absolute atomic E-state index is 3.36. The fourth-order valence-corrected chi connectivity index (χ4v) is 2.76. The Balaban J connectivity index is 0. The van der Waals surface area contributed by atoms with Crippen molar-refractivity contribution in [1.29, 1.82) is 0 Å². The monoisotopic (exact) mass is 434 g/mol. The molecule has 2 aromatic carbocycles. The van der Waals surface area contributed by atoms with Gasteiger partial charge >= 0.3 is 26.2 Å². The van der Waals surface area contributed by atoms with Crippen molar-refractivity contribution in [2.75, 3.05) is 0 Å². The first kappa shape index (κ1) is 26.5. The summed E-state index contributed by atoms with van der Waals surface area (Å²) in [6.45, 7) is 8.67. The van der Waals surface area contributed by atoms with Gasteiger partial charge in [-0.05, 0) is 0 Å². The molecule has 0 amide bonds. The molecule has 0 nitrogen and oxygen atoms in total. The summed E-state index contributed by atoms with van der Waals surface area (Å²) in [7, 11) is 1.32. The molecular formula is C21H26F2SiZr. The van der Waals surface area contributed by atoms with Crippen LogP contribution in [0.1, 0.15) is 34.1 Å². The van der Waals surface area contributed by atoms with Crippen molar-refractivity contribution >= 4 is 20.3 Å². The fourth-order valence-electron chi connectivity index (χ4n) is 2.41. The molecule has 132 valence electrons. The van der Waals surface area contributed by atoms with Crippen LogP contribution in [0.15, 0.2) is 59.2 Å². The molecule has 1 heterocycles. The second kappa shape index (κ2) is 13.5.